The molecule has 0 aliphatic heterocycles. The second kappa shape index (κ2) is 6.05. The number of aromatic carboxylic acids is 1. The molecule has 0 atom stereocenters. The lowest BCUT2D eigenvalue weighted by Gasteiger charge is -2.10. The van der Waals surface area contributed by atoms with Gasteiger partial charge in [0.2, 0.25) is 0 Å². The molecule has 0 aromatic heterocycles. The number of rotatable bonds is 4. The Hall–Kier alpha value is -1.88. The molecular formula is C15H13BrFNO2. The van der Waals surface area contributed by atoms with E-state index in [-0.39, 0.29) is 5.56 Å². The zero-order valence-corrected chi connectivity index (χ0v) is 12.4. The van der Waals surface area contributed by atoms with Gasteiger partial charge in [-0.3, -0.25) is 0 Å². The first-order chi connectivity index (χ1) is 9.47. The smallest absolute Gasteiger partial charge is 0.338 e. The summed E-state index contributed by atoms with van der Waals surface area (Å²) in [7, 11) is 0. The predicted octanol–water partition coefficient (Wildman–Crippen LogP) is 4.21. The van der Waals surface area contributed by atoms with Crippen LogP contribution in [-0.2, 0) is 6.54 Å². The molecule has 20 heavy (non-hydrogen) atoms. The highest BCUT2D eigenvalue weighted by Crippen LogP contribution is 2.21. The predicted molar refractivity (Wildman–Crippen MR) is 79.6 cm³/mol. The van der Waals surface area contributed by atoms with E-state index in [0.29, 0.717) is 12.1 Å². The number of carboxylic acids is 1. The fourth-order valence-corrected chi connectivity index (χ4v) is 2.34. The lowest BCUT2D eigenvalue weighted by atomic mass is 10.1. The maximum absolute atomic E-state index is 13.5. The fourth-order valence-electron chi connectivity index (χ4n) is 1.86. The van der Waals surface area contributed by atoms with Gasteiger partial charge in [-0.15, -0.1) is 0 Å². The van der Waals surface area contributed by atoms with Crippen molar-refractivity contribution in [3.8, 4) is 0 Å². The molecule has 5 heteroatoms. The maximum Gasteiger partial charge on any atom is 0.338 e. The van der Waals surface area contributed by atoms with Crippen molar-refractivity contribution in [2.75, 3.05) is 5.32 Å². The van der Waals surface area contributed by atoms with Crippen molar-refractivity contribution in [3.05, 3.63) is 63.4 Å². The summed E-state index contributed by atoms with van der Waals surface area (Å²) in [6.45, 7) is 2.40. The molecule has 0 heterocycles. The summed E-state index contributed by atoms with van der Waals surface area (Å²) in [5, 5.41) is 12.0. The van der Waals surface area contributed by atoms with E-state index in [9.17, 15) is 9.18 Å². The van der Waals surface area contributed by atoms with E-state index in [1.165, 1.54) is 12.1 Å². The highest BCUT2D eigenvalue weighted by Gasteiger charge is 2.10. The quantitative estimate of drug-likeness (QED) is 0.878. The van der Waals surface area contributed by atoms with Gasteiger partial charge in [-0.05, 0) is 48.4 Å². The monoisotopic (exact) mass is 337 g/mol. The van der Waals surface area contributed by atoms with Crippen molar-refractivity contribution in [1.82, 2.24) is 0 Å². The highest BCUT2D eigenvalue weighted by molar-refractivity contribution is 9.10. The molecule has 2 aromatic rings. The largest absolute Gasteiger partial charge is 0.478 e. The number of benzene rings is 2. The lowest BCUT2D eigenvalue weighted by molar-refractivity contribution is 0.0692. The topological polar surface area (TPSA) is 49.3 Å². The molecule has 0 fully saturated rings. The third-order valence-corrected chi connectivity index (χ3v) is 3.43. The molecule has 0 saturated carbocycles. The maximum atomic E-state index is 13.5. The summed E-state index contributed by atoms with van der Waals surface area (Å²) in [5.41, 5.74) is 2.40. The third-order valence-electron chi connectivity index (χ3n) is 2.94. The van der Waals surface area contributed by atoms with Gasteiger partial charge in [0.05, 0.1) is 5.56 Å². The van der Waals surface area contributed by atoms with Gasteiger partial charge < -0.3 is 10.4 Å². The number of halogens is 2. The summed E-state index contributed by atoms with van der Waals surface area (Å²) in [4.78, 5) is 10.7. The summed E-state index contributed by atoms with van der Waals surface area (Å²) in [6.07, 6.45) is 0. The Bertz CT molecular complexity index is 658. The van der Waals surface area contributed by atoms with Gasteiger partial charge in [-0.25, -0.2) is 9.18 Å². The summed E-state index contributed by atoms with van der Waals surface area (Å²) in [5.74, 6) is -1.98. The molecule has 3 nitrogen and oxygen atoms in total. The van der Waals surface area contributed by atoms with E-state index < -0.39 is 11.8 Å². The standard InChI is InChI=1S/C15H13BrFNO2/c1-9-6-11(16)3-5-14(9)18-8-10-2-4-12(15(19)20)13(17)7-10/h2-7,18H,8H2,1H3,(H,19,20). The van der Waals surface area contributed by atoms with Gasteiger partial charge in [-0.1, -0.05) is 22.0 Å². The Labute approximate surface area is 124 Å². The van der Waals surface area contributed by atoms with Crippen LogP contribution in [0, 0.1) is 12.7 Å². The van der Waals surface area contributed by atoms with Crippen molar-refractivity contribution in [2.45, 2.75) is 13.5 Å². The molecule has 0 amide bonds. The molecule has 0 spiro atoms. The van der Waals surface area contributed by atoms with E-state index >= 15 is 0 Å². The van der Waals surface area contributed by atoms with Crippen molar-refractivity contribution in [1.29, 1.82) is 0 Å². The van der Waals surface area contributed by atoms with Gasteiger partial charge in [0.15, 0.2) is 0 Å². The van der Waals surface area contributed by atoms with Crippen LogP contribution in [0.1, 0.15) is 21.5 Å². The van der Waals surface area contributed by atoms with E-state index in [4.69, 9.17) is 5.11 Å². The Kier molecular flexibility index (Phi) is 4.39. The molecule has 2 N–H and O–H groups in total. The van der Waals surface area contributed by atoms with Crippen LogP contribution >= 0.6 is 15.9 Å². The number of hydrogen-bond acceptors (Lipinski definition) is 2. The Morgan fingerprint density at radius 1 is 1.30 bits per heavy atom. The van der Waals surface area contributed by atoms with E-state index in [2.05, 4.69) is 21.2 Å². The van der Waals surface area contributed by atoms with E-state index in [1.54, 1.807) is 6.07 Å². The minimum Gasteiger partial charge on any atom is -0.478 e. The van der Waals surface area contributed by atoms with Crippen LogP contribution in [0.3, 0.4) is 0 Å². The van der Waals surface area contributed by atoms with Gasteiger partial charge in [0.25, 0.3) is 0 Å². The van der Waals surface area contributed by atoms with Gasteiger partial charge in [0.1, 0.15) is 5.82 Å². The minimum atomic E-state index is -1.26. The summed E-state index contributed by atoms with van der Waals surface area (Å²) < 4.78 is 14.5. The molecule has 0 unspecified atom stereocenters. The number of nitrogens with one attached hydrogen (secondary N) is 1. The Balaban J connectivity index is 2.11. The minimum absolute atomic E-state index is 0.312. The number of carboxylic acid groups (broad SMARTS) is 1. The van der Waals surface area contributed by atoms with Crippen molar-refractivity contribution in [3.63, 3.8) is 0 Å². The highest BCUT2D eigenvalue weighted by atomic mass is 79.9. The van der Waals surface area contributed by atoms with Crippen LogP contribution in [0.4, 0.5) is 10.1 Å². The lowest BCUT2D eigenvalue weighted by Crippen LogP contribution is -2.04. The van der Waals surface area contributed by atoms with Crippen LogP contribution in [0.2, 0.25) is 0 Å². The molecule has 0 radical (unpaired) electrons. The normalized spacial score (nSPS) is 10.3. The second-order valence-corrected chi connectivity index (χ2v) is 5.35. The van der Waals surface area contributed by atoms with Gasteiger partial charge >= 0.3 is 5.97 Å². The molecule has 0 aliphatic rings. The van der Waals surface area contributed by atoms with Crippen LogP contribution in [0.5, 0.6) is 0 Å². The Morgan fingerprint density at radius 3 is 2.65 bits per heavy atom. The zero-order valence-electron chi connectivity index (χ0n) is 10.8. The second-order valence-electron chi connectivity index (χ2n) is 4.43. The zero-order chi connectivity index (χ0) is 14.7. The van der Waals surface area contributed by atoms with Crippen LogP contribution in [0.25, 0.3) is 0 Å². The van der Waals surface area contributed by atoms with Crippen LogP contribution in [-0.4, -0.2) is 11.1 Å². The van der Waals surface area contributed by atoms with E-state index in [1.807, 2.05) is 25.1 Å². The first kappa shape index (κ1) is 14.5. The van der Waals surface area contributed by atoms with Gasteiger partial charge in [-0.2, -0.15) is 0 Å². The van der Waals surface area contributed by atoms with Crippen LogP contribution < -0.4 is 5.32 Å². The van der Waals surface area contributed by atoms with E-state index in [0.717, 1.165) is 15.7 Å². The molecule has 0 bridgehead atoms. The van der Waals surface area contributed by atoms with Crippen molar-refractivity contribution in [2.24, 2.45) is 0 Å². The molecular weight excluding hydrogens is 325 g/mol. The van der Waals surface area contributed by atoms with Crippen molar-refractivity contribution >= 4 is 27.6 Å². The summed E-state index contributed by atoms with van der Waals surface area (Å²) >= 11 is 3.39. The molecule has 2 aromatic carbocycles. The number of hydrogen-bond donors (Lipinski definition) is 2. The fraction of sp³-hybridized carbons (Fsp3) is 0.133. The van der Waals surface area contributed by atoms with Gasteiger partial charge in [0, 0.05) is 16.7 Å². The number of aryl methyl sites for hydroxylation is 1. The molecule has 0 saturated heterocycles. The average molecular weight is 338 g/mol. The first-order valence-electron chi connectivity index (χ1n) is 5.99. The molecule has 0 aliphatic carbocycles. The SMILES string of the molecule is Cc1cc(Br)ccc1NCc1ccc(C(=O)O)c(F)c1. The number of anilines is 1. The Morgan fingerprint density at radius 2 is 2.05 bits per heavy atom. The molecule has 104 valence electrons. The summed E-state index contributed by atoms with van der Waals surface area (Å²) in [6, 6.07) is 9.96. The van der Waals surface area contributed by atoms with Crippen LogP contribution in [0.15, 0.2) is 40.9 Å². The average Bonchev–Trinajstić information content (AvgIpc) is 2.37. The molecule has 2 rings (SSSR count). The third kappa shape index (κ3) is 3.36. The number of carbonyl (C=O) groups is 1. The first-order valence-corrected chi connectivity index (χ1v) is 6.78. The van der Waals surface area contributed by atoms with Crippen molar-refractivity contribution < 1.29 is 14.3 Å².